The number of sulfonamides is 1. The summed E-state index contributed by atoms with van der Waals surface area (Å²) in [6.07, 6.45) is 3.55. The molecule has 1 aromatic heterocycles. The van der Waals surface area contributed by atoms with Gasteiger partial charge >= 0.3 is 0 Å². The number of hydrogen-bond donors (Lipinski definition) is 1. The topological polar surface area (TPSA) is 93.5 Å². The van der Waals surface area contributed by atoms with Crippen molar-refractivity contribution in [2.24, 2.45) is 0 Å². The Labute approximate surface area is 185 Å². The quantitative estimate of drug-likeness (QED) is 0.585. The predicted molar refractivity (Wildman–Crippen MR) is 115 cm³/mol. The molecule has 0 saturated carbocycles. The zero-order valence-electron chi connectivity index (χ0n) is 17.3. The van der Waals surface area contributed by atoms with E-state index in [0.717, 1.165) is 23.3 Å². The fourth-order valence-electron chi connectivity index (χ4n) is 3.50. The Hall–Kier alpha value is -3.08. The number of benzene rings is 2. The Morgan fingerprint density at radius 2 is 1.84 bits per heavy atom. The maximum Gasteiger partial charge on any atom is 0.251 e. The fraction of sp³-hybridized carbons (Fsp3) is 0.273. The number of morpholine rings is 1. The maximum absolute atomic E-state index is 14.4. The number of aromatic nitrogens is 2. The van der Waals surface area contributed by atoms with Crippen LogP contribution in [-0.2, 0) is 27.8 Å². The van der Waals surface area contributed by atoms with Crippen LogP contribution in [0.4, 0.5) is 4.39 Å². The van der Waals surface area contributed by atoms with Crippen LogP contribution in [0.15, 0.2) is 65.8 Å². The number of nitrogens with zero attached hydrogens (tertiary/aromatic N) is 3. The van der Waals surface area contributed by atoms with Gasteiger partial charge in [-0.1, -0.05) is 24.3 Å². The molecule has 4 rings (SSSR count). The lowest BCUT2D eigenvalue weighted by atomic mass is 10.1. The predicted octanol–water partition coefficient (Wildman–Crippen LogP) is 2.02. The Bertz CT molecular complexity index is 1190. The van der Waals surface area contributed by atoms with Gasteiger partial charge in [0.05, 0.1) is 19.8 Å². The number of halogens is 1. The standard InChI is InChI=1S/C22H23FN4O4S/c23-20-7-6-17(14-21(20)32(29,30)27-10-12-31-13-11-27)22(28)24-15-18-4-1-2-5-19(18)16-26-9-3-8-25-26/h1-9,14H,10-13,15-16H2,(H,24,28). The molecular formula is C22H23FN4O4S. The molecule has 0 spiro atoms. The summed E-state index contributed by atoms with van der Waals surface area (Å²) in [5, 5.41) is 6.99. The lowest BCUT2D eigenvalue weighted by molar-refractivity contribution is 0.0729. The second-order valence-corrected chi connectivity index (χ2v) is 9.22. The molecule has 1 aliphatic rings. The SMILES string of the molecule is O=C(NCc1ccccc1Cn1cccn1)c1ccc(F)c(S(=O)(=O)N2CCOCC2)c1. The highest BCUT2D eigenvalue weighted by atomic mass is 32.2. The van der Waals surface area contributed by atoms with Gasteiger partial charge in [-0.15, -0.1) is 0 Å². The lowest BCUT2D eigenvalue weighted by Gasteiger charge is -2.26. The van der Waals surface area contributed by atoms with Gasteiger partial charge in [0.15, 0.2) is 0 Å². The van der Waals surface area contributed by atoms with E-state index in [2.05, 4.69) is 10.4 Å². The van der Waals surface area contributed by atoms with E-state index in [9.17, 15) is 17.6 Å². The Morgan fingerprint density at radius 3 is 2.56 bits per heavy atom. The van der Waals surface area contributed by atoms with Crippen molar-refractivity contribution in [1.29, 1.82) is 0 Å². The van der Waals surface area contributed by atoms with Crippen molar-refractivity contribution in [2.75, 3.05) is 26.3 Å². The van der Waals surface area contributed by atoms with Crippen molar-refractivity contribution >= 4 is 15.9 Å². The van der Waals surface area contributed by atoms with Gasteiger partial charge in [-0.05, 0) is 35.4 Å². The second-order valence-electron chi connectivity index (χ2n) is 7.32. The Kier molecular flexibility index (Phi) is 6.63. The van der Waals surface area contributed by atoms with Gasteiger partial charge in [-0.3, -0.25) is 9.48 Å². The third-order valence-electron chi connectivity index (χ3n) is 5.23. The molecule has 1 aliphatic heterocycles. The summed E-state index contributed by atoms with van der Waals surface area (Å²) in [5.41, 5.74) is 1.97. The van der Waals surface area contributed by atoms with Gasteiger partial charge in [-0.2, -0.15) is 9.40 Å². The molecule has 8 nitrogen and oxygen atoms in total. The molecule has 32 heavy (non-hydrogen) atoms. The van der Waals surface area contributed by atoms with Crippen LogP contribution in [0, 0.1) is 5.82 Å². The minimum atomic E-state index is -4.06. The van der Waals surface area contributed by atoms with Crippen LogP contribution in [0.1, 0.15) is 21.5 Å². The third-order valence-corrected chi connectivity index (χ3v) is 7.14. The molecule has 10 heteroatoms. The number of rotatable bonds is 7. The van der Waals surface area contributed by atoms with Crippen molar-refractivity contribution in [2.45, 2.75) is 18.0 Å². The Morgan fingerprint density at radius 1 is 1.09 bits per heavy atom. The molecule has 3 aromatic rings. The average molecular weight is 459 g/mol. The van der Waals surface area contributed by atoms with E-state index in [0.29, 0.717) is 6.54 Å². The summed E-state index contributed by atoms with van der Waals surface area (Å²) in [5.74, 6) is -1.38. The van der Waals surface area contributed by atoms with Crippen molar-refractivity contribution < 1.29 is 22.3 Å². The highest BCUT2D eigenvalue weighted by Crippen LogP contribution is 2.22. The lowest BCUT2D eigenvalue weighted by Crippen LogP contribution is -2.41. The van der Waals surface area contributed by atoms with Gasteiger partial charge in [0.2, 0.25) is 10.0 Å². The highest BCUT2D eigenvalue weighted by Gasteiger charge is 2.29. The monoisotopic (exact) mass is 458 g/mol. The minimum absolute atomic E-state index is 0.0720. The van der Waals surface area contributed by atoms with E-state index in [-0.39, 0.29) is 38.4 Å². The molecule has 0 atom stereocenters. The third kappa shape index (κ3) is 4.87. The average Bonchev–Trinajstić information content (AvgIpc) is 3.32. The van der Waals surface area contributed by atoms with Crippen LogP contribution in [0.2, 0.25) is 0 Å². The molecule has 1 N–H and O–H groups in total. The van der Waals surface area contributed by atoms with Gasteiger partial charge < -0.3 is 10.1 Å². The molecule has 1 saturated heterocycles. The minimum Gasteiger partial charge on any atom is -0.379 e. The summed E-state index contributed by atoms with van der Waals surface area (Å²) in [7, 11) is -4.06. The number of carbonyl (C=O) groups is 1. The smallest absolute Gasteiger partial charge is 0.251 e. The van der Waals surface area contributed by atoms with E-state index in [4.69, 9.17) is 4.74 Å². The summed E-state index contributed by atoms with van der Waals surface area (Å²) >= 11 is 0. The van der Waals surface area contributed by atoms with Gasteiger partial charge in [-0.25, -0.2) is 12.8 Å². The molecular weight excluding hydrogens is 435 g/mol. The zero-order chi connectivity index (χ0) is 22.6. The van der Waals surface area contributed by atoms with Crippen molar-refractivity contribution in [3.8, 4) is 0 Å². The first-order chi connectivity index (χ1) is 15.4. The van der Waals surface area contributed by atoms with E-state index < -0.39 is 26.6 Å². The van der Waals surface area contributed by atoms with Gasteiger partial charge in [0, 0.05) is 37.6 Å². The van der Waals surface area contributed by atoms with Gasteiger partial charge in [0.25, 0.3) is 5.91 Å². The number of carbonyl (C=O) groups excluding carboxylic acids is 1. The molecule has 0 bridgehead atoms. The summed E-state index contributed by atoms with van der Waals surface area (Å²) in [6.45, 7) is 1.57. The zero-order valence-corrected chi connectivity index (χ0v) is 18.1. The van der Waals surface area contributed by atoms with Crippen LogP contribution in [-0.4, -0.2) is 54.7 Å². The second kappa shape index (κ2) is 9.60. The largest absolute Gasteiger partial charge is 0.379 e. The van der Waals surface area contributed by atoms with Crippen LogP contribution in [0.5, 0.6) is 0 Å². The maximum atomic E-state index is 14.4. The number of hydrogen-bond acceptors (Lipinski definition) is 5. The molecule has 2 heterocycles. The highest BCUT2D eigenvalue weighted by molar-refractivity contribution is 7.89. The van der Waals surface area contributed by atoms with E-state index >= 15 is 0 Å². The molecule has 2 aromatic carbocycles. The molecule has 0 unspecified atom stereocenters. The van der Waals surface area contributed by atoms with E-state index in [1.807, 2.05) is 36.5 Å². The number of nitrogens with one attached hydrogen (secondary N) is 1. The first-order valence-corrected chi connectivity index (χ1v) is 11.6. The molecule has 0 aliphatic carbocycles. The summed E-state index contributed by atoms with van der Waals surface area (Å²) in [4.78, 5) is 12.2. The molecule has 0 radical (unpaired) electrons. The van der Waals surface area contributed by atoms with E-state index in [1.165, 1.54) is 10.4 Å². The van der Waals surface area contributed by atoms with Crippen LogP contribution < -0.4 is 5.32 Å². The number of amides is 1. The summed E-state index contributed by atoms with van der Waals surface area (Å²) in [6, 6.07) is 12.8. The van der Waals surface area contributed by atoms with Crippen LogP contribution in [0.3, 0.4) is 0 Å². The van der Waals surface area contributed by atoms with Crippen molar-refractivity contribution in [3.05, 3.63) is 83.4 Å². The summed E-state index contributed by atoms with van der Waals surface area (Å²) < 4.78 is 48.2. The normalized spacial score (nSPS) is 14.9. The molecule has 168 valence electrons. The van der Waals surface area contributed by atoms with Crippen LogP contribution in [0.25, 0.3) is 0 Å². The molecule has 1 amide bonds. The number of ether oxygens (including phenoxy) is 1. The molecule has 1 fully saturated rings. The van der Waals surface area contributed by atoms with E-state index in [1.54, 1.807) is 10.9 Å². The first kappa shape index (κ1) is 22.1. The Balaban J connectivity index is 1.50. The van der Waals surface area contributed by atoms with Crippen molar-refractivity contribution in [3.63, 3.8) is 0 Å². The first-order valence-electron chi connectivity index (χ1n) is 10.1. The van der Waals surface area contributed by atoms with Crippen LogP contribution >= 0.6 is 0 Å². The van der Waals surface area contributed by atoms with Gasteiger partial charge in [0.1, 0.15) is 10.7 Å². The van der Waals surface area contributed by atoms with Crippen molar-refractivity contribution in [1.82, 2.24) is 19.4 Å². The fourth-order valence-corrected chi connectivity index (χ4v) is 5.00.